The lowest BCUT2D eigenvalue weighted by molar-refractivity contribution is -0.121. The van der Waals surface area contributed by atoms with E-state index in [0.717, 1.165) is 19.3 Å². The molecule has 0 bridgehead atoms. The summed E-state index contributed by atoms with van der Waals surface area (Å²) in [6.45, 7) is 4.77. The molecule has 0 aliphatic heterocycles. The van der Waals surface area contributed by atoms with E-state index in [9.17, 15) is 4.79 Å². The normalized spacial score (nSPS) is 19.4. The van der Waals surface area contributed by atoms with E-state index in [1.54, 1.807) is 0 Å². The average molecular weight is 226 g/mol. The van der Waals surface area contributed by atoms with Gasteiger partial charge in [0.25, 0.3) is 0 Å². The molecule has 3 nitrogen and oxygen atoms in total. The second-order valence-electron chi connectivity index (χ2n) is 4.97. The second-order valence-corrected chi connectivity index (χ2v) is 4.97. The van der Waals surface area contributed by atoms with Gasteiger partial charge in [0.1, 0.15) is 0 Å². The minimum absolute atomic E-state index is 0.162. The molecule has 0 aromatic heterocycles. The molecule has 1 atom stereocenters. The van der Waals surface area contributed by atoms with Crippen molar-refractivity contribution >= 4 is 5.91 Å². The summed E-state index contributed by atoms with van der Waals surface area (Å²) in [5.74, 6) is 0.162. The van der Waals surface area contributed by atoms with Crippen molar-refractivity contribution in [2.45, 2.75) is 70.9 Å². The lowest BCUT2D eigenvalue weighted by Crippen LogP contribution is -2.43. The van der Waals surface area contributed by atoms with Crippen molar-refractivity contribution in [3.8, 4) is 0 Å². The van der Waals surface area contributed by atoms with Gasteiger partial charge in [-0.05, 0) is 26.2 Å². The van der Waals surface area contributed by atoms with Gasteiger partial charge in [0.15, 0.2) is 0 Å². The Hall–Kier alpha value is -0.570. The van der Waals surface area contributed by atoms with Crippen molar-refractivity contribution < 1.29 is 4.79 Å². The van der Waals surface area contributed by atoms with Crippen LogP contribution in [0, 0.1) is 0 Å². The first kappa shape index (κ1) is 13.5. The lowest BCUT2D eigenvalue weighted by Gasteiger charge is -2.23. The minimum atomic E-state index is 0.162. The predicted molar refractivity (Wildman–Crippen MR) is 67.4 cm³/mol. The fourth-order valence-corrected chi connectivity index (χ4v) is 2.33. The number of carbonyl (C=O) groups excluding carboxylic acids is 1. The highest BCUT2D eigenvalue weighted by molar-refractivity contribution is 5.78. The van der Waals surface area contributed by atoms with Crippen molar-refractivity contribution in [3.05, 3.63) is 0 Å². The summed E-state index contributed by atoms with van der Waals surface area (Å²) in [5, 5.41) is 6.38. The van der Waals surface area contributed by atoms with Gasteiger partial charge in [-0.2, -0.15) is 0 Å². The van der Waals surface area contributed by atoms with E-state index in [0.29, 0.717) is 18.6 Å². The van der Waals surface area contributed by atoms with E-state index in [1.807, 2.05) is 0 Å². The van der Waals surface area contributed by atoms with Crippen LogP contribution in [-0.4, -0.2) is 24.5 Å². The van der Waals surface area contributed by atoms with Gasteiger partial charge in [-0.3, -0.25) is 4.79 Å². The van der Waals surface area contributed by atoms with Crippen molar-refractivity contribution in [2.75, 3.05) is 6.54 Å². The van der Waals surface area contributed by atoms with E-state index in [4.69, 9.17) is 0 Å². The van der Waals surface area contributed by atoms with Gasteiger partial charge in [0.2, 0.25) is 5.91 Å². The molecule has 0 radical (unpaired) electrons. The summed E-state index contributed by atoms with van der Waals surface area (Å²) in [6, 6.07) is 0.881. The summed E-state index contributed by atoms with van der Waals surface area (Å²) in [4.78, 5) is 11.6. The van der Waals surface area contributed by atoms with Crippen LogP contribution in [0.4, 0.5) is 0 Å². The van der Waals surface area contributed by atoms with Crippen LogP contribution in [0.5, 0.6) is 0 Å². The molecule has 94 valence electrons. The van der Waals surface area contributed by atoms with Gasteiger partial charge in [0.05, 0.1) is 6.54 Å². The molecule has 0 aromatic rings. The summed E-state index contributed by atoms with van der Waals surface area (Å²) in [5.41, 5.74) is 0. The maximum Gasteiger partial charge on any atom is 0.234 e. The molecular weight excluding hydrogens is 200 g/mol. The fraction of sp³-hybridized carbons (Fsp3) is 0.923. The predicted octanol–water partition coefficient (Wildman–Crippen LogP) is 2.21. The van der Waals surface area contributed by atoms with Crippen LogP contribution < -0.4 is 10.6 Å². The van der Waals surface area contributed by atoms with Crippen LogP contribution in [0.25, 0.3) is 0 Å². The monoisotopic (exact) mass is 226 g/mol. The smallest absolute Gasteiger partial charge is 0.234 e. The van der Waals surface area contributed by atoms with E-state index in [1.165, 1.54) is 25.7 Å². The Bertz CT molecular complexity index is 200. The number of carbonyl (C=O) groups is 1. The van der Waals surface area contributed by atoms with Crippen molar-refractivity contribution in [1.29, 1.82) is 0 Å². The average Bonchev–Trinajstić information content (AvgIpc) is 2.28. The van der Waals surface area contributed by atoms with Gasteiger partial charge in [-0.25, -0.2) is 0 Å². The Labute approximate surface area is 99.4 Å². The van der Waals surface area contributed by atoms with E-state index in [-0.39, 0.29) is 5.91 Å². The molecule has 3 heteroatoms. The van der Waals surface area contributed by atoms with Crippen LogP contribution in [0.15, 0.2) is 0 Å². The van der Waals surface area contributed by atoms with Crippen LogP contribution in [0.3, 0.4) is 0 Å². The molecule has 0 saturated heterocycles. The van der Waals surface area contributed by atoms with E-state index in [2.05, 4.69) is 24.5 Å². The van der Waals surface area contributed by atoms with Crippen LogP contribution in [-0.2, 0) is 4.79 Å². The van der Waals surface area contributed by atoms with Gasteiger partial charge < -0.3 is 10.6 Å². The molecule has 16 heavy (non-hydrogen) atoms. The highest BCUT2D eigenvalue weighted by atomic mass is 16.1. The first-order valence-electron chi connectivity index (χ1n) is 6.75. The minimum Gasteiger partial charge on any atom is -0.352 e. The van der Waals surface area contributed by atoms with Crippen molar-refractivity contribution in [2.24, 2.45) is 0 Å². The van der Waals surface area contributed by atoms with Crippen LogP contribution in [0.1, 0.15) is 58.8 Å². The van der Waals surface area contributed by atoms with E-state index < -0.39 is 0 Å². The Kier molecular flexibility index (Phi) is 6.46. The molecule has 1 aliphatic carbocycles. The van der Waals surface area contributed by atoms with Crippen LogP contribution >= 0.6 is 0 Å². The largest absolute Gasteiger partial charge is 0.352 e. The number of hydrogen-bond donors (Lipinski definition) is 2. The molecule has 1 fully saturated rings. The second kappa shape index (κ2) is 7.66. The Morgan fingerprint density at radius 1 is 1.31 bits per heavy atom. The first-order valence-corrected chi connectivity index (χ1v) is 6.75. The lowest BCUT2D eigenvalue weighted by atomic mass is 9.95. The van der Waals surface area contributed by atoms with Crippen molar-refractivity contribution in [3.63, 3.8) is 0 Å². The zero-order chi connectivity index (χ0) is 11.8. The third-order valence-electron chi connectivity index (χ3n) is 3.30. The fourth-order valence-electron chi connectivity index (χ4n) is 2.33. The van der Waals surface area contributed by atoms with Crippen LogP contribution in [0.2, 0.25) is 0 Å². The molecule has 1 rings (SSSR count). The zero-order valence-corrected chi connectivity index (χ0v) is 10.7. The Balaban J connectivity index is 2.10. The quantitative estimate of drug-likeness (QED) is 0.729. The summed E-state index contributed by atoms with van der Waals surface area (Å²) >= 11 is 0. The number of amides is 1. The highest BCUT2D eigenvalue weighted by Gasteiger charge is 2.15. The molecule has 2 N–H and O–H groups in total. The number of rotatable bonds is 6. The Morgan fingerprint density at radius 3 is 2.62 bits per heavy atom. The summed E-state index contributed by atoms with van der Waals surface area (Å²) in [6.07, 6.45) is 8.50. The maximum absolute atomic E-state index is 11.6. The zero-order valence-electron chi connectivity index (χ0n) is 10.7. The molecule has 0 spiro atoms. The summed E-state index contributed by atoms with van der Waals surface area (Å²) in [7, 11) is 0. The number of hydrogen-bond acceptors (Lipinski definition) is 2. The van der Waals surface area contributed by atoms with Gasteiger partial charge in [-0.15, -0.1) is 0 Å². The number of nitrogens with one attached hydrogen (secondary N) is 2. The first-order chi connectivity index (χ1) is 7.72. The molecule has 1 unspecified atom stereocenters. The Morgan fingerprint density at radius 2 is 2.00 bits per heavy atom. The summed E-state index contributed by atoms with van der Waals surface area (Å²) < 4.78 is 0. The van der Waals surface area contributed by atoms with Gasteiger partial charge in [-0.1, -0.05) is 32.6 Å². The molecule has 0 heterocycles. The molecule has 0 aromatic carbocycles. The molecule has 1 saturated carbocycles. The topological polar surface area (TPSA) is 41.1 Å². The third kappa shape index (κ3) is 5.50. The molecule has 1 aliphatic rings. The third-order valence-corrected chi connectivity index (χ3v) is 3.30. The van der Waals surface area contributed by atoms with Crippen molar-refractivity contribution in [1.82, 2.24) is 10.6 Å². The maximum atomic E-state index is 11.6. The van der Waals surface area contributed by atoms with Gasteiger partial charge >= 0.3 is 0 Å². The highest BCUT2D eigenvalue weighted by Crippen LogP contribution is 2.17. The SMILES string of the molecule is CCCC(C)NCC(=O)NC1CCCCC1. The molecule has 1 amide bonds. The van der Waals surface area contributed by atoms with E-state index >= 15 is 0 Å². The van der Waals surface area contributed by atoms with Gasteiger partial charge in [0, 0.05) is 12.1 Å². The molecular formula is C13H26N2O. The standard InChI is InChI=1S/C13H26N2O/c1-3-7-11(2)14-10-13(16)15-12-8-5-4-6-9-12/h11-12,14H,3-10H2,1-2H3,(H,15,16).